The highest BCUT2D eigenvalue weighted by Gasteiger charge is 2.21. The van der Waals surface area contributed by atoms with Gasteiger partial charge in [-0.05, 0) is 37.3 Å². The summed E-state index contributed by atoms with van der Waals surface area (Å²) < 4.78 is 7.23. The van der Waals surface area contributed by atoms with Crippen molar-refractivity contribution >= 4 is 16.8 Å². The summed E-state index contributed by atoms with van der Waals surface area (Å²) in [4.78, 5) is 16.9. The second kappa shape index (κ2) is 7.35. The van der Waals surface area contributed by atoms with Gasteiger partial charge in [0.25, 0.3) is 5.56 Å². The van der Waals surface area contributed by atoms with Crippen LogP contribution in [0, 0.1) is 0 Å². The fourth-order valence-electron chi connectivity index (χ4n) is 4.18. The van der Waals surface area contributed by atoms with Gasteiger partial charge in [0.1, 0.15) is 0 Å². The molecule has 0 saturated carbocycles. The average Bonchev–Trinajstić information content (AvgIpc) is 3.22. The highest BCUT2D eigenvalue weighted by atomic mass is 16.3. The number of aryl methyl sites for hydroxylation is 2. The monoisotopic (exact) mass is 380 g/mol. The zero-order valence-corrected chi connectivity index (χ0v) is 15.9. The number of furan rings is 1. The molecule has 0 aromatic carbocycles. The van der Waals surface area contributed by atoms with Crippen molar-refractivity contribution in [2.45, 2.75) is 32.2 Å². The molecule has 1 saturated heterocycles. The van der Waals surface area contributed by atoms with E-state index < -0.39 is 0 Å². The summed E-state index contributed by atoms with van der Waals surface area (Å²) in [6.45, 7) is 5.02. The summed E-state index contributed by atoms with van der Waals surface area (Å²) in [7, 11) is 0. The maximum atomic E-state index is 12.3. The SMILES string of the molecule is O=c1cc2c(nn1CCN1CCN(c3nncc4ccoc34)CC1)CCCC2. The number of anilines is 1. The molecule has 146 valence electrons. The summed E-state index contributed by atoms with van der Waals surface area (Å²) in [6, 6.07) is 3.70. The fourth-order valence-corrected chi connectivity index (χ4v) is 4.18. The molecule has 4 heterocycles. The van der Waals surface area contributed by atoms with E-state index in [2.05, 4.69) is 25.1 Å². The largest absolute Gasteiger partial charge is 0.460 e. The molecule has 0 radical (unpaired) electrons. The smallest absolute Gasteiger partial charge is 0.267 e. The zero-order valence-electron chi connectivity index (χ0n) is 15.9. The molecule has 1 aliphatic carbocycles. The van der Waals surface area contributed by atoms with E-state index in [-0.39, 0.29) is 5.56 Å². The van der Waals surface area contributed by atoms with Crippen LogP contribution in [0.25, 0.3) is 11.0 Å². The van der Waals surface area contributed by atoms with Crippen LogP contribution in [0.3, 0.4) is 0 Å². The lowest BCUT2D eigenvalue weighted by atomic mass is 9.97. The van der Waals surface area contributed by atoms with Crippen LogP contribution in [0.1, 0.15) is 24.1 Å². The van der Waals surface area contributed by atoms with Gasteiger partial charge in [-0.15, -0.1) is 5.10 Å². The molecule has 0 atom stereocenters. The highest BCUT2D eigenvalue weighted by Crippen LogP contribution is 2.25. The predicted octanol–water partition coefficient (Wildman–Crippen LogP) is 1.48. The van der Waals surface area contributed by atoms with Gasteiger partial charge in [-0.25, -0.2) is 4.68 Å². The van der Waals surface area contributed by atoms with Gasteiger partial charge in [0, 0.05) is 44.2 Å². The third kappa shape index (κ3) is 3.28. The van der Waals surface area contributed by atoms with Crippen molar-refractivity contribution in [2.24, 2.45) is 0 Å². The van der Waals surface area contributed by atoms with Crippen LogP contribution < -0.4 is 10.5 Å². The minimum absolute atomic E-state index is 0.0269. The van der Waals surface area contributed by atoms with E-state index in [4.69, 9.17) is 4.42 Å². The van der Waals surface area contributed by atoms with E-state index in [1.54, 1.807) is 23.2 Å². The predicted molar refractivity (Wildman–Crippen MR) is 106 cm³/mol. The Kier molecular flexibility index (Phi) is 4.56. The zero-order chi connectivity index (χ0) is 18.9. The summed E-state index contributed by atoms with van der Waals surface area (Å²) in [5, 5.41) is 14.0. The Morgan fingerprint density at radius 3 is 2.82 bits per heavy atom. The molecule has 3 aromatic heterocycles. The third-order valence-corrected chi connectivity index (χ3v) is 5.82. The van der Waals surface area contributed by atoms with E-state index in [1.165, 1.54) is 12.8 Å². The van der Waals surface area contributed by atoms with E-state index >= 15 is 0 Å². The maximum absolute atomic E-state index is 12.3. The standard InChI is InChI=1S/C20H24N6O2/c27-18-13-15-3-1-2-4-17(15)23-26(18)11-8-24-6-9-25(10-7-24)20-19-16(5-12-28-19)14-21-22-20/h5,12-14H,1-4,6-11H2. The van der Waals surface area contributed by atoms with Crippen LogP contribution in [0.5, 0.6) is 0 Å². The van der Waals surface area contributed by atoms with Crippen molar-refractivity contribution < 1.29 is 4.42 Å². The van der Waals surface area contributed by atoms with Crippen LogP contribution in [0.15, 0.2) is 33.8 Å². The molecule has 1 fully saturated rings. The fraction of sp³-hybridized carbons (Fsp3) is 0.500. The quantitative estimate of drug-likeness (QED) is 0.678. The summed E-state index contributed by atoms with van der Waals surface area (Å²) in [5.41, 5.74) is 3.09. The number of hydrogen-bond acceptors (Lipinski definition) is 7. The van der Waals surface area contributed by atoms with E-state index in [1.807, 2.05) is 6.07 Å². The van der Waals surface area contributed by atoms with Crippen LogP contribution in [-0.2, 0) is 19.4 Å². The van der Waals surface area contributed by atoms with Gasteiger partial charge in [0.2, 0.25) is 0 Å². The van der Waals surface area contributed by atoms with Gasteiger partial charge >= 0.3 is 0 Å². The normalized spacial score (nSPS) is 17.8. The van der Waals surface area contributed by atoms with Crippen molar-refractivity contribution in [1.82, 2.24) is 24.9 Å². The van der Waals surface area contributed by atoms with Crippen molar-refractivity contribution in [3.05, 3.63) is 46.2 Å². The van der Waals surface area contributed by atoms with E-state index in [0.717, 1.165) is 73.6 Å². The molecule has 0 unspecified atom stereocenters. The van der Waals surface area contributed by atoms with Gasteiger partial charge in [-0.1, -0.05) is 0 Å². The summed E-state index contributed by atoms with van der Waals surface area (Å²) >= 11 is 0. The topological polar surface area (TPSA) is 80.3 Å². The van der Waals surface area contributed by atoms with Crippen molar-refractivity contribution in [2.75, 3.05) is 37.6 Å². The first-order valence-electron chi connectivity index (χ1n) is 10.0. The molecule has 8 nitrogen and oxygen atoms in total. The minimum Gasteiger partial charge on any atom is -0.460 e. The van der Waals surface area contributed by atoms with Gasteiger partial charge in [-0.3, -0.25) is 9.69 Å². The molecule has 8 heteroatoms. The van der Waals surface area contributed by atoms with Crippen molar-refractivity contribution in [3.63, 3.8) is 0 Å². The number of aromatic nitrogens is 4. The molecular weight excluding hydrogens is 356 g/mol. The Morgan fingerprint density at radius 1 is 1.07 bits per heavy atom. The molecule has 0 bridgehead atoms. The number of fused-ring (bicyclic) bond motifs is 2. The Bertz CT molecular complexity index is 1030. The molecular formula is C20H24N6O2. The first-order valence-corrected chi connectivity index (χ1v) is 10.0. The Balaban J connectivity index is 1.21. The van der Waals surface area contributed by atoms with Crippen LogP contribution in [0.4, 0.5) is 5.82 Å². The molecule has 5 rings (SSSR count). The number of nitrogens with zero attached hydrogens (tertiary/aromatic N) is 6. The van der Waals surface area contributed by atoms with E-state index in [9.17, 15) is 4.79 Å². The van der Waals surface area contributed by atoms with Crippen LogP contribution >= 0.6 is 0 Å². The van der Waals surface area contributed by atoms with Crippen LogP contribution in [0.2, 0.25) is 0 Å². The third-order valence-electron chi connectivity index (χ3n) is 5.82. The maximum Gasteiger partial charge on any atom is 0.267 e. The Labute approximate surface area is 162 Å². The minimum atomic E-state index is 0.0269. The first kappa shape index (κ1) is 17.4. The van der Waals surface area contributed by atoms with Crippen molar-refractivity contribution in [3.8, 4) is 0 Å². The van der Waals surface area contributed by atoms with Crippen LogP contribution in [-0.4, -0.2) is 57.6 Å². The summed E-state index contributed by atoms with van der Waals surface area (Å²) in [5.74, 6) is 0.815. The number of hydrogen-bond donors (Lipinski definition) is 0. The lowest BCUT2D eigenvalue weighted by Crippen LogP contribution is -2.48. The molecule has 2 aliphatic rings. The molecule has 0 amide bonds. The summed E-state index contributed by atoms with van der Waals surface area (Å²) in [6.07, 6.45) is 7.72. The molecule has 0 spiro atoms. The molecule has 0 N–H and O–H groups in total. The highest BCUT2D eigenvalue weighted by molar-refractivity contribution is 5.86. The first-order chi connectivity index (χ1) is 13.8. The van der Waals surface area contributed by atoms with Gasteiger partial charge in [0.05, 0.1) is 24.7 Å². The average molecular weight is 380 g/mol. The molecule has 3 aromatic rings. The van der Waals surface area contributed by atoms with E-state index in [0.29, 0.717) is 6.54 Å². The lowest BCUT2D eigenvalue weighted by molar-refractivity contribution is 0.241. The lowest BCUT2D eigenvalue weighted by Gasteiger charge is -2.35. The van der Waals surface area contributed by atoms with Crippen molar-refractivity contribution in [1.29, 1.82) is 0 Å². The number of piperazine rings is 1. The second-order valence-electron chi connectivity index (χ2n) is 7.59. The van der Waals surface area contributed by atoms with Gasteiger partial charge in [-0.2, -0.15) is 10.2 Å². The van der Waals surface area contributed by atoms with Gasteiger partial charge in [0.15, 0.2) is 11.4 Å². The molecule has 28 heavy (non-hydrogen) atoms. The number of rotatable bonds is 4. The molecule has 1 aliphatic heterocycles. The van der Waals surface area contributed by atoms with Gasteiger partial charge < -0.3 is 9.32 Å². The Hall–Kier alpha value is -2.74. The second-order valence-corrected chi connectivity index (χ2v) is 7.59. The Morgan fingerprint density at radius 2 is 1.93 bits per heavy atom.